The Labute approximate surface area is 112 Å². The van der Waals surface area contributed by atoms with E-state index in [2.05, 4.69) is 30.2 Å². The van der Waals surface area contributed by atoms with Crippen molar-refractivity contribution in [1.82, 2.24) is 4.98 Å². The minimum Gasteiger partial charge on any atom is -0.365 e. The molecule has 0 bridgehead atoms. The van der Waals surface area contributed by atoms with Crippen LogP contribution in [0.5, 0.6) is 0 Å². The molecule has 1 nitrogen and oxygen atoms in total. The zero-order valence-electron chi connectivity index (χ0n) is 12.0. The molecule has 18 heavy (non-hydrogen) atoms. The molecule has 0 spiro atoms. The second-order valence-electron chi connectivity index (χ2n) is 6.33. The SMILES string of the molecule is CC1(c2ccc[nH]2)CCCCCCCCCCC1. The number of hydrogen-bond acceptors (Lipinski definition) is 0. The van der Waals surface area contributed by atoms with Crippen LogP contribution in [0.25, 0.3) is 0 Å². The van der Waals surface area contributed by atoms with Gasteiger partial charge in [0.25, 0.3) is 0 Å². The highest BCUT2D eigenvalue weighted by atomic mass is 14.7. The first-order chi connectivity index (χ1) is 8.81. The molecule has 0 atom stereocenters. The van der Waals surface area contributed by atoms with E-state index < -0.39 is 0 Å². The van der Waals surface area contributed by atoms with Crippen LogP contribution < -0.4 is 0 Å². The fourth-order valence-electron chi connectivity index (χ4n) is 3.37. The van der Waals surface area contributed by atoms with Gasteiger partial charge in [-0.1, -0.05) is 64.7 Å². The summed E-state index contributed by atoms with van der Waals surface area (Å²) in [4.78, 5) is 3.46. The van der Waals surface area contributed by atoms with Crippen molar-refractivity contribution in [2.45, 2.75) is 83.0 Å². The van der Waals surface area contributed by atoms with E-state index in [0.717, 1.165) is 0 Å². The third kappa shape index (κ3) is 3.90. The molecule has 1 aromatic rings. The summed E-state index contributed by atoms with van der Waals surface area (Å²) in [5.41, 5.74) is 1.85. The molecule has 0 unspecified atom stereocenters. The number of rotatable bonds is 1. The molecular weight excluding hydrogens is 218 g/mol. The van der Waals surface area contributed by atoms with E-state index in [0.29, 0.717) is 5.41 Å². The predicted molar refractivity (Wildman–Crippen MR) is 78.9 cm³/mol. The molecule has 0 saturated heterocycles. The molecule has 0 amide bonds. The monoisotopic (exact) mass is 247 g/mol. The Morgan fingerprint density at radius 2 is 1.33 bits per heavy atom. The van der Waals surface area contributed by atoms with Crippen LogP contribution in [-0.4, -0.2) is 4.98 Å². The summed E-state index contributed by atoms with van der Waals surface area (Å²) in [5, 5.41) is 0. The second kappa shape index (κ2) is 7.01. The van der Waals surface area contributed by atoms with Gasteiger partial charge in [-0.15, -0.1) is 0 Å². The van der Waals surface area contributed by atoms with Crippen LogP contribution in [0.4, 0.5) is 0 Å². The van der Waals surface area contributed by atoms with E-state index in [1.807, 2.05) is 0 Å². The fourth-order valence-corrected chi connectivity index (χ4v) is 3.37. The van der Waals surface area contributed by atoms with Crippen LogP contribution in [-0.2, 0) is 5.41 Å². The third-order valence-corrected chi connectivity index (χ3v) is 4.71. The molecule has 1 N–H and O–H groups in total. The van der Waals surface area contributed by atoms with Crippen molar-refractivity contribution in [1.29, 1.82) is 0 Å². The summed E-state index contributed by atoms with van der Waals surface area (Å²) in [5.74, 6) is 0. The molecule has 0 radical (unpaired) electrons. The summed E-state index contributed by atoms with van der Waals surface area (Å²) >= 11 is 0. The zero-order chi connectivity index (χ0) is 12.7. The van der Waals surface area contributed by atoms with Gasteiger partial charge in [0.05, 0.1) is 0 Å². The molecular formula is C17H29N. The Morgan fingerprint density at radius 3 is 1.78 bits per heavy atom. The quantitative estimate of drug-likeness (QED) is 0.667. The van der Waals surface area contributed by atoms with E-state index in [1.54, 1.807) is 0 Å². The normalized spacial score (nSPS) is 22.9. The van der Waals surface area contributed by atoms with E-state index in [4.69, 9.17) is 0 Å². The van der Waals surface area contributed by atoms with Gasteiger partial charge < -0.3 is 4.98 Å². The standard InChI is InChI=1S/C17H29N/c1-17(16-12-11-15-18-16)13-9-7-5-3-2-4-6-8-10-14-17/h11-12,15,18H,2-10,13-14H2,1H3. The largest absolute Gasteiger partial charge is 0.365 e. The Kier molecular flexibility index (Phi) is 5.34. The van der Waals surface area contributed by atoms with Crippen molar-refractivity contribution in [2.24, 2.45) is 0 Å². The summed E-state index contributed by atoms with van der Waals surface area (Å²) < 4.78 is 0. The highest BCUT2D eigenvalue weighted by Crippen LogP contribution is 2.34. The van der Waals surface area contributed by atoms with Gasteiger partial charge in [0.1, 0.15) is 0 Å². The van der Waals surface area contributed by atoms with Gasteiger partial charge in [-0.2, -0.15) is 0 Å². The third-order valence-electron chi connectivity index (χ3n) is 4.71. The molecule has 1 aliphatic carbocycles. The lowest BCUT2D eigenvalue weighted by Crippen LogP contribution is -2.22. The van der Waals surface area contributed by atoms with Gasteiger partial charge in [-0.25, -0.2) is 0 Å². The average Bonchev–Trinajstić information content (AvgIpc) is 2.88. The molecule has 1 heterocycles. The average molecular weight is 247 g/mol. The van der Waals surface area contributed by atoms with Crippen LogP contribution in [0, 0.1) is 0 Å². The highest BCUT2D eigenvalue weighted by molar-refractivity contribution is 5.16. The van der Waals surface area contributed by atoms with Crippen molar-refractivity contribution in [3.63, 3.8) is 0 Å². The van der Waals surface area contributed by atoms with Gasteiger partial charge in [-0.3, -0.25) is 0 Å². The van der Waals surface area contributed by atoms with Crippen molar-refractivity contribution in [3.8, 4) is 0 Å². The fraction of sp³-hybridized carbons (Fsp3) is 0.765. The lowest BCUT2D eigenvalue weighted by Gasteiger charge is -2.29. The van der Waals surface area contributed by atoms with Gasteiger partial charge in [-0.05, 0) is 25.0 Å². The Morgan fingerprint density at radius 1 is 0.833 bits per heavy atom. The Balaban J connectivity index is 1.96. The van der Waals surface area contributed by atoms with Crippen LogP contribution in [0.2, 0.25) is 0 Å². The minimum absolute atomic E-state index is 0.392. The molecule has 102 valence electrons. The molecule has 1 heteroatoms. The number of aromatic amines is 1. The van der Waals surface area contributed by atoms with Gasteiger partial charge in [0.2, 0.25) is 0 Å². The summed E-state index contributed by atoms with van der Waals surface area (Å²) in [6, 6.07) is 4.43. The summed E-state index contributed by atoms with van der Waals surface area (Å²) in [7, 11) is 0. The first kappa shape index (κ1) is 13.7. The summed E-state index contributed by atoms with van der Waals surface area (Å²) in [6.45, 7) is 2.46. The molecule has 1 saturated carbocycles. The maximum atomic E-state index is 3.46. The van der Waals surface area contributed by atoms with Crippen LogP contribution in [0.15, 0.2) is 18.3 Å². The van der Waals surface area contributed by atoms with E-state index in [9.17, 15) is 0 Å². The second-order valence-corrected chi connectivity index (χ2v) is 6.33. The smallest absolute Gasteiger partial charge is 0.0207 e. The van der Waals surface area contributed by atoms with Crippen LogP contribution >= 0.6 is 0 Å². The molecule has 0 aliphatic heterocycles. The van der Waals surface area contributed by atoms with Gasteiger partial charge in [0.15, 0.2) is 0 Å². The number of hydrogen-bond donors (Lipinski definition) is 1. The van der Waals surface area contributed by atoms with Crippen molar-refractivity contribution in [3.05, 3.63) is 24.0 Å². The number of nitrogens with one attached hydrogen (secondary N) is 1. The first-order valence-electron chi connectivity index (χ1n) is 7.95. The maximum Gasteiger partial charge on any atom is 0.0207 e. The molecule has 0 aromatic carbocycles. The lowest BCUT2D eigenvalue weighted by molar-refractivity contribution is 0.350. The van der Waals surface area contributed by atoms with Crippen molar-refractivity contribution in [2.75, 3.05) is 0 Å². The molecule has 1 aromatic heterocycles. The Bertz CT molecular complexity index is 300. The lowest BCUT2D eigenvalue weighted by atomic mass is 9.77. The maximum absolute atomic E-state index is 3.46. The van der Waals surface area contributed by atoms with Gasteiger partial charge >= 0.3 is 0 Å². The molecule has 2 rings (SSSR count). The summed E-state index contributed by atoms with van der Waals surface area (Å²) in [6.07, 6.45) is 17.7. The molecule has 1 fully saturated rings. The number of H-pyrrole nitrogens is 1. The van der Waals surface area contributed by atoms with E-state index in [1.165, 1.54) is 76.3 Å². The number of aromatic nitrogens is 1. The minimum atomic E-state index is 0.392. The highest BCUT2D eigenvalue weighted by Gasteiger charge is 2.26. The Hall–Kier alpha value is -0.720. The van der Waals surface area contributed by atoms with Gasteiger partial charge in [0, 0.05) is 17.3 Å². The van der Waals surface area contributed by atoms with E-state index in [-0.39, 0.29) is 0 Å². The topological polar surface area (TPSA) is 15.8 Å². The van der Waals surface area contributed by atoms with Crippen LogP contribution in [0.1, 0.15) is 83.2 Å². The van der Waals surface area contributed by atoms with E-state index >= 15 is 0 Å². The first-order valence-corrected chi connectivity index (χ1v) is 7.95. The predicted octanol–water partition coefficient (Wildman–Crippen LogP) is 5.58. The molecule has 1 aliphatic rings. The van der Waals surface area contributed by atoms with Crippen molar-refractivity contribution < 1.29 is 0 Å². The van der Waals surface area contributed by atoms with Crippen molar-refractivity contribution >= 4 is 0 Å². The zero-order valence-corrected chi connectivity index (χ0v) is 12.0. The van der Waals surface area contributed by atoms with Crippen LogP contribution in [0.3, 0.4) is 0 Å².